The quantitative estimate of drug-likeness (QED) is 0.0138. The Morgan fingerprint density at radius 3 is 1.14 bits per heavy atom. The molecule has 3 aromatic carbocycles. The first-order chi connectivity index (χ1) is 60.0. The number of Topliss-reactive ketones (excluding diaryl/α,β-unsaturated/α-hetero) is 2. The fourth-order valence-electron chi connectivity index (χ4n) is 15.6. The first-order valence-electron chi connectivity index (χ1n) is 44.5. The van der Waals surface area contributed by atoms with Gasteiger partial charge in [0.15, 0.2) is 24.1 Å². The minimum atomic E-state index is -0.940. The van der Waals surface area contributed by atoms with Crippen LogP contribution >= 0.6 is 34.0 Å². The van der Waals surface area contributed by atoms with Crippen LogP contribution in [0.5, 0.6) is 0 Å². The van der Waals surface area contributed by atoms with E-state index in [0.717, 1.165) is 55.3 Å². The van der Waals surface area contributed by atoms with Crippen LogP contribution in [0.15, 0.2) is 107 Å². The van der Waals surface area contributed by atoms with Crippen LogP contribution in [0.2, 0.25) is 0 Å². The van der Waals surface area contributed by atoms with Crippen molar-refractivity contribution >= 4 is 105 Å². The molecule has 1 aliphatic rings. The first kappa shape index (κ1) is 108. The second kappa shape index (κ2) is 54.1. The number of rotatable bonds is 48. The number of ether oxygens (including phenoxy) is 3. The summed E-state index contributed by atoms with van der Waals surface area (Å²) in [6.07, 6.45) is 6.18. The largest absolute Gasteiger partial charge is 0.481 e. The van der Waals surface area contributed by atoms with E-state index in [1.54, 1.807) is 60.8 Å². The molecular weight excluding hydrogens is 1680 g/mol. The van der Waals surface area contributed by atoms with Gasteiger partial charge in [0.2, 0.25) is 11.8 Å². The maximum absolute atomic E-state index is 14.2. The summed E-state index contributed by atoms with van der Waals surface area (Å²) in [5.74, 6) is -6.09. The van der Waals surface area contributed by atoms with Crippen molar-refractivity contribution in [2.24, 2.45) is 59.0 Å². The van der Waals surface area contributed by atoms with E-state index >= 15 is 0 Å². The van der Waals surface area contributed by atoms with E-state index in [1.165, 1.54) is 54.8 Å². The number of carbonyl (C=O) groups excluding carboxylic acids is 10. The van der Waals surface area contributed by atoms with Gasteiger partial charge in [-0.25, -0.2) is 15.0 Å². The fourth-order valence-corrected chi connectivity index (χ4v) is 18.2. The normalized spacial score (nSPS) is 16.6. The number of aliphatic carboxylic acids is 2. The lowest BCUT2D eigenvalue weighted by Gasteiger charge is -2.37. The molecule has 17 atom stereocenters. The van der Waals surface area contributed by atoms with Crippen LogP contribution in [0, 0.1) is 53.3 Å². The van der Waals surface area contributed by atoms with Gasteiger partial charge >= 0.3 is 29.8 Å². The van der Waals surface area contributed by atoms with Gasteiger partial charge < -0.3 is 61.2 Å². The van der Waals surface area contributed by atoms with E-state index in [2.05, 4.69) is 55.0 Å². The molecule has 0 bridgehead atoms. The second-order valence-electron chi connectivity index (χ2n) is 35.2. The van der Waals surface area contributed by atoms with Crippen LogP contribution in [0.25, 0.3) is 0 Å². The Hall–Kier alpha value is -9.53. The van der Waals surface area contributed by atoms with Crippen LogP contribution in [-0.2, 0) is 76.6 Å². The number of esters is 3. The monoisotopic (exact) mass is 1820 g/mol. The highest BCUT2D eigenvalue weighted by Crippen LogP contribution is 2.36. The number of thiazole rings is 3. The molecule has 6 aromatic rings. The van der Waals surface area contributed by atoms with Crippen molar-refractivity contribution in [3.63, 3.8) is 0 Å². The van der Waals surface area contributed by atoms with Crippen LogP contribution < -0.4 is 27.0 Å². The Kier molecular flexibility index (Phi) is 46.0. The highest BCUT2D eigenvalue weighted by atomic mass is 32.1. The highest BCUT2D eigenvalue weighted by molar-refractivity contribution is 7.10. The Labute approximate surface area is 763 Å². The average Bonchev–Trinajstić information content (AvgIpc) is 1.81. The number of likely N-dealkylation sites (N-methyl/N-ethyl adjacent to an activating group) is 2. The van der Waals surface area contributed by atoms with Crippen molar-refractivity contribution in [1.82, 2.24) is 50.9 Å². The van der Waals surface area contributed by atoms with Gasteiger partial charge in [-0.2, -0.15) is 0 Å². The number of nitrogens with zero attached hydrogens (tertiary/aromatic N) is 6. The number of carboxylic acids is 2. The molecule has 0 radical (unpaired) electrons. The number of carbonyl (C=O) groups is 12. The number of likely N-dealkylation sites (tertiary alicyclic amines) is 1. The molecule has 0 spiro atoms. The summed E-state index contributed by atoms with van der Waals surface area (Å²) in [6, 6.07) is 26.6. The Bertz CT molecular complexity index is 4470. The summed E-state index contributed by atoms with van der Waals surface area (Å²) in [6.45, 7) is 31.7. The fraction of sp³-hybridized carbons (Fsp3) is 0.594. The minimum absolute atomic E-state index is 0.000823. The van der Waals surface area contributed by atoms with Crippen LogP contribution in [-0.4, -0.2) is 194 Å². The Balaban J connectivity index is 0.000000345. The third kappa shape index (κ3) is 35.8. The molecule has 7 rings (SSSR count). The van der Waals surface area contributed by atoms with E-state index in [0.29, 0.717) is 65.9 Å². The van der Waals surface area contributed by atoms with Gasteiger partial charge in [-0.05, 0) is 125 Å². The Morgan fingerprint density at radius 1 is 0.488 bits per heavy atom. The van der Waals surface area contributed by atoms with E-state index in [4.69, 9.17) is 19.9 Å². The number of benzene rings is 3. The van der Waals surface area contributed by atoms with Gasteiger partial charge in [-0.15, -0.1) is 34.0 Å². The number of amides is 5. The summed E-state index contributed by atoms with van der Waals surface area (Å²) in [5, 5.41) is 37.5. The molecule has 0 aliphatic carbocycles. The molecule has 3 aromatic heterocycles. The molecule has 0 saturated carbocycles. The lowest BCUT2D eigenvalue weighted by molar-refractivity contribution is -0.150. The van der Waals surface area contributed by atoms with E-state index in [9.17, 15) is 67.7 Å². The summed E-state index contributed by atoms with van der Waals surface area (Å²) in [5.41, 5.74) is 9.86. The maximum Gasteiger partial charge on any atom is 0.306 e. The molecule has 31 heteroatoms. The number of hydrogen-bond acceptors (Lipinski definition) is 24. The zero-order valence-corrected chi connectivity index (χ0v) is 80.7. The van der Waals surface area contributed by atoms with Gasteiger partial charge in [0, 0.05) is 125 Å². The Morgan fingerprint density at radius 2 is 0.835 bits per heavy atom. The van der Waals surface area contributed by atoms with E-state index < -0.39 is 83.9 Å². The van der Waals surface area contributed by atoms with Crippen molar-refractivity contribution in [3.05, 3.63) is 156 Å². The number of aromatic nitrogens is 3. The number of carboxylic acid groups (broad SMARTS) is 2. The lowest BCUT2D eigenvalue weighted by atomic mass is 9.83. The second-order valence-corrected chi connectivity index (χ2v) is 37.9. The van der Waals surface area contributed by atoms with Crippen LogP contribution in [0.4, 0.5) is 0 Å². The average molecular weight is 1820 g/mol. The molecular formula is C96H141N11O17S3. The summed E-state index contributed by atoms with van der Waals surface area (Å²) in [4.78, 5) is 171. The topological polar surface area (TPSA) is 396 Å². The summed E-state index contributed by atoms with van der Waals surface area (Å²) < 4.78 is 17.0. The lowest BCUT2D eigenvalue weighted by Crippen LogP contribution is -2.51. The van der Waals surface area contributed by atoms with Gasteiger partial charge in [0.05, 0.1) is 23.9 Å². The molecule has 1 aliphatic heterocycles. The SMILES string of the molecule is CC[C@H](C)[C@H](CC(=O)[C@H]1CCCCN1C)C(=O)N(C)[C@H](C[C@@H](OC(C)=O)c1nc(C(=O)N[C@@H](Cc2ccccc2)C[C@H](C)C(=O)O)cs1)C(C)C.CC[C@H](C)[C@H](N)C(=O)N(C)[C@H](C[C@@H](OC(C)=O)c1nc(C(=O)N[C@@H](Cc2ccccc2)C[C@H](C)C(C)=O)cs1)C(C)C.CN[C@H](C[C@@H](OC(C)=O)c1nc(C(=O)N[C@@H](Cc2ccccc2)C[C@H](C)C(=O)O)cs1)C(C)C. The highest BCUT2D eigenvalue weighted by Gasteiger charge is 2.40. The molecule has 1 fully saturated rings. The standard InChI is InChI=1S/C39H58N4O7S.C32H48N4O5S.C25H35N3O5S/c1-9-25(4)30(21-34(45)32-17-13-14-18-42(32)7)38(47)43(8)33(24(2)3)22-35(50-27(6)44)37-41-31(23-51-37)36(46)40-29(19-26(5)39(48)49)20-28-15-11-10-12-16-28;1-9-20(4)29(33)32(40)36(8)27(19(2)3)17-28(41-23(7)38)31-35-26(18-42-31)30(39)34-25(15-21(5)22(6)37)16-24-13-11-10-12-14-24;1-15(2)20(26-5)13-22(33-17(4)29)24-28-21(14-34-24)23(30)27-19(11-16(3)25(31)32)12-18-9-7-6-8-10-18/h10-12,15-16,23-26,29-30,32-33,35H,9,13-14,17-22H2,1-8H3,(H,40,46)(H,48,49);10-14,18-21,25,27-29H,9,15-17,33H2,1-8H3,(H,34,39);6-10,14-16,19-20,22,26H,11-13H2,1-5H3,(H,27,30)(H,31,32)/t25-,26-,29+,30-,32+,33+,35+;20-,21-,25+,27+,28+,29-;16-,19+,20+,22+/m000/s1. The number of hydrogen-bond donors (Lipinski definition) is 7. The van der Waals surface area contributed by atoms with Crippen molar-refractivity contribution in [2.45, 2.75) is 281 Å². The zero-order valence-electron chi connectivity index (χ0n) is 78.3. The predicted molar refractivity (Wildman–Crippen MR) is 496 cm³/mol. The molecule has 28 nitrogen and oxygen atoms in total. The predicted octanol–water partition coefficient (Wildman–Crippen LogP) is 15.0. The third-order valence-corrected chi connectivity index (χ3v) is 26.8. The van der Waals surface area contributed by atoms with Gasteiger partial charge in [-0.3, -0.25) is 62.4 Å². The first-order valence-corrected chi connectivity index (χ1v) is 47.2. The van der Waals surface area contributed by atoms with Crippen LogP contribution in [0.3, 0.4) is 0 Å². The van der Waals surface area contributed by atoms with Crippen molar-refractivity contribution in [1.29, 1.82) is 0 Å². The summed E-state index contributed by atoms with van der Waals surface area (Å²) >= 11 is 3.70. The van der Waals surface area contributed by atoms with Gasteiger partial charge in [0.25, 0.3) is 17.7 Å². The zero-order chi connectivity index (χ0) is 94.6. The summed E-state index contributed by atoms with van der Waals surface area (Å²) in [7, 11) is 7.33. The molecule has 1 saturated heterocycles. The van der Waals surface area contributed by atoms with Gasteiger partial charge in [0.1, 0.15) is 37.9 Å². The molecule has 127 heavy (non-hydrogen) atoms. The van der Waals surface area contributed by atoms with Crippen LogP contribution in [0.1, 0.15) is 276 Å². The van der Waals surface area contributed by atoms with Crippen molar-refractivity contribution in [2.75, 3.05) is 34.7 Å². The van der Waals surface area contributed by atoms with E-state index in [1.807, 2.05) is 167 Å². The van der Waals surface area contributed by atoms with E-state index in [-0.39, 0.29) is 137 Å². The molecule has 5 amide bonds. The molecule has 0 unspecified atom stereocenters. The molecule has 700 valence electrons. The maximum atomic E-state index is 14.2. The number of ketones is 2. The number of piperidine rings is 1. The third-order valence-electron chi connectivity index (χ3n) is 24.0. The number of nitrogens with one attached hydrogen (secondary N) is 4. The van der Waals surface area contributed by atoms with Gasteiger partial charge in [-0.1, -0.05) is 200 Å². The number of nitrogens with two attached hydrogens (primary N) is 1. The molecule has 8 N–H and O–H groups in total. The van der Waals surface area contributed by atoms with Crippen molar-refractivity contribution < 1.29 is 82.0 Å². The molecule has 4 heterocycles. The van der Waals surface area contributed by atoms with Crippen molar-refractivity contribution in [3.8, 4) is 0 Å². The minimum Gasteiger partial charge on any atom is -0.481 e. The smallest absolute Gasteiger partial charge is 0.306 e.